The van der Waals surface area contributed by atoms with Gasteiger partial charge in [0, 0.05) is 37.0 Å². The summed E-state index contributed by atoms with van der Waals surface area (Å²) in [5.74, 6) is -0.00486. The van der Waals surface area contributed by atoms with E-state index in [-0.39, 0.29) is 18.1 Å². The molecular weight excluding hydrogens is 316 g/mol. The number of carbonyl (C=O) groups is 1. The van der Waals surface area contributed by atoms with Crippen LogP contribution < -0.4 is 5.32 Å². The molecule has 0 aromatic heterocycles. The van der Waals surface area contributed by atoms with E-state index in [1.54, 1.807) is 12.1 Å². The molecule has 2 aliphatic rings. The molecule has 0 bridgehead atoms. The van der Waals surface area contributed by atoms with Crippen molar-refractivity contribution < 1.29 is 14.3 Å². The molecular formula is C17H23ClN2O3. The van der Waals surface area contributed by atoms with Gasteiger partial charge in [-0.2, -0.15) is 0 Å². The first-order chi connectivity index (χ1) is 11.2. The normalized spacial score (nSPS) is 24.7. The third-order valence-electron chi connectivity index (χ3n) is 4.34. The number of ether oxygens (including phenoxy) is 2. The minimum atomic E-state index is -0.0306. The number of benzene rings is 1. The van der Waals surface area contributed by atoms with Crippen molar-refractivity contribution in [1.29, 1.82) is 0 Å². The van der Waals surface area contributed by atoms with Gasteiger partial charge in [-0.3, -0.25) is 4.79 Å². The summed E-state index contributed by atoms with van der Waals surface area (Å²) in [7, 11) is 0. The number of nitrogens with one attached hydrogen (secondary N) is 1. The van der Waals surface area contributed by atoms with Crippen LogP contribution in [0.25, 0.3) is 0 Å². The van der Waals surface area contributed by atoms with E-state index in [0.29, 0.717) is 30.3 Å². The third-order valence-corrected chi connectivity index (χ3v) is 4.57. The van der Waals surface area contributed by atoms with Crippen LogP contribution in [0.15, 0.2) is 18.2 Å². The van der Waals surface area contributed by atoms with E-state index in [4.69, 9.17) is 21.1 Å². The Morgan fingerprint density at radius 1 is 1.35 bits per heavy atom. The molecule has 2 unspecified atom stereocenters. The lowest BCUT2D eigenvalue weighted by atomic mass is 10.1. The summed E-state index contributed by atoms with van der Waals surface area (Å²) in [5, 5.41) is 3.80. The lowest BCUT2D eigenvalue weighted by Gasteiger charge is -2.35. The van der Waals surface area contributed by atoms with E-state index in [2.05, 4.69) is 5.32 Å². The molecule has 0 aliphatic carbocycles. The Labute approximate surface area is 141 Å². The Morgan fingerprint density at radius 2 is 2.17 bits per heavy atom. The molecule has 6 heteroatoms. The number of carbonyl (C=O) groups excluding carboxylic acids is 1. The van der Waals surface area contributed by atoms with Gasteiger partial charge in [0.15, 0.2) is 0 Å². The van der Waals surface area contributed by atoms with Crippen molar-refractivity contribution in [3.05, 3.63) is 28.8 Å². The third kappa shape index (κ3) is 3.79. The maximum absolute atomic E-state index is 12.9. The van der Waals surface area contributed by atoms with Crippen LogP contribution >= 0.6 is 11.6 Å². The largest absolute Gasteiger partial charge is 0.385 e. The summed E-state index contributed by atoms with van der Waals surface area (Å²) >= 11 is 6.09. The van der Waals surface area contributed by atoms with Crippen molar-refractivity contribution in [3.63, 3.8) is 0 Å². The molecule has 126 valence electrons. The molecule has 1 N–H and O–H groups in total. The van der Waals surface area contributed by atoms with Crippen molar-refractivity contribution in [2.45, 2.75) is 32.0 Å². The smallest absolute Gasteiger partial charge is 0.256 e. The van der Waals surface area contributed by atoms with Gasteiger partial charge >= 0.3 is 0 Å². The molecule has 2 atom stereocenters. The fraction of sp³-hybridized carbons (Fsp3) is 0.588. The first-order valence-electron chi connectivity index (χ1n) is 8.25. The summed E-state index contributed by atoms with van der Waals surface area (Å²) in [6, 6.07) is 5.39. The zero-order valence-corrected chi connectivity index (χ0v) is 14.1. The Balaban J connectivity index is 1.75. The Hall–Kier alpha value is -1.30. The minimum Gasteiger partial charge on any atom is -0.385 e. The summed E-state index contributed by atoms with van der Waals surface area (Å²) in [4.78, 5) is 14.8. The molecule has 23 heavy (non-hydrogen) atoms. The van der Waals surface area contributed by atoms with E-state index in [1.807, 2.05) is 17.9 Å². The van der Waals surface area contributed by atoms with Crippen LogP contribution in [-0.4, -0.2) is 55.9 Å². The highest BCUT2D eigenvalue weighted by atomic mass is 35.5. The first-order valence-corrected chi connectivity index (χ1v) is 8.62. The van der Waals surface area contributed by atoms with Gasteiger partial charge < -0.3 is 19.7 Å². The number of amides is 1. The van der Waals surface area contributed by atoms with Gasteiger partial charge in [0.2, 0.25) is 0 Å². The fourth-order valence-corrected chi connectivity index (χ4v) is 3.36. The monoisotopic (exact) mass is 338 g/mol. The summed E-state index contributed by atoms with van der Waals surface area (Å²) < 4.78 is 11.5. The zero-order valence-electron chi connectivity index (χ0n) is 13.4. The Morgan fingerprint density at radius 3 is 2.91 bits per heavy atom. The Bertz CT molecular complexity index is 561. The highest BCUT2D eigenvalue weighted by Crippen LogP contribution is 2.25. The fourth-order valence-electron chi connectivity index (χ4n) is 3.19. The van der Waals surface area contributed by atoms with Gasteiger partial charge in [0.25, 0.3) is 5.91 Å². The average Bonchev–Trinajstić information content (AvgIpc) is 3.11. The number of nitrogens with zero attached hydrogens (tertiary/aromatic N) is 1. The molecule has 2 heterocycles. The maximum Gasteiger partial charge on any atom is 0.256 e. The topological polar surface area (TPSA) is 50.8 Å². The predicted molar refractivity (Wildman–Crippen MR) is 90.2 cm³/mol. The SMILES string of the molecule is CCNc1ccc(Cl)cc1C(=O)N1CCOC(C2CCCO2)C1. The molecule has 2 saturated heterocycles. The summed E-state index contributed by atoms with van der Waals surface area (Å²) in [6.45, 7) is 5.26. The molecule has 1 amide bonds. The van der Waals surface area contributed by atoms with Crippen LogP contribution in [0, 0.1) is 0 Å². The first kappa shape index (κ1) is 16.6. The van der Waals surface area contributed by atoms with Crippen LogP contribution in [0.1, 0.15) is 30.1 Å². The van der Waals surface area contributed by atoms with Crippen molar-refractivity contribution in [2.24, 2.45) is 0 Å². The maximum atomic E-state index is 12.9. The number of hydrogen-bond acceptors (Lipinski definition) is 4. The van der Waals surface area contributed by atoms with Crippen molar-refractivity contribution >= 4 is 23.2 Å². The quantitative estimate of drug-likeness (QED) is 0.917. The van der Waals surface area contributed by atoms with Gasteiger partial charge in [-0.05, 0) is 38.0 Å². The lowest BCUT2D eigenvalue weighted by molar-refractivity contribution is -0.0867. The van der Waals surface area contributed by atoms with Crippen LogP contribution in [0.2, 0.25) is 5.02 Å². The molecule has 0 spiro atoms. The minimum absolute atomic E-state index is 0.00486. The van der Waals surface area contributed by atoms with Crippen LogP contribution in [0.4, 0.5) is 5.69 Å². The second kappa shape index (κ2) is 7.51. The lowest BCUT2D eigenvalue weighted by Crippen LogP contribution is -2.49. The molecule has 0 saturated carbocycles. The van der Waals surface area contributed by atoms with E-state index in [9.17, 15) is 4.79 Å². The predicted octanol–water partition coefficient (Wildman–Crippen LogP) is 2.79. The molecule has 5 nitrogen and oxygen atoms in total. The van der Waals surface area contributed by atoms with Crippen molar-refractivity contribution in [3.8, 4) is 0 Å². The number of morpholine rings is 1. The molecule has 2 fully saturated rings. The van der Waals surface area contributed by atoms with Gasteiger partial charge in [-0.15, -0.1) is 0 Å². The zero-order chi connectivity index (χ0) is 16.2. The van der Waals surface area contributed by atoms with E-state index >= 15 is 0 Å². The number of anilines is 1. The standard InChI is InChI=1S/C17H23ClN2O3/c1-2-19-14-6-5-12(18)10-13(14)17(21)20-7-9-23-16(11-20)15-4-3-8-22-15/h5-6,10,15-16,19H,2-4,7-9,11H2,1H3. The van der Waals surface area contributed by atoms with E-state index in [0.717, 1.165) is 31.7 Å². The molecule has 0 radical (unpaired) electrons. The molecule has 3 rings (SSSR count). The van der Waals surface area contributed by atoms with E-state index < -0.39 is 0 Å². The number of halogens is 1. The molecule has 2 aliphatic heterocycles. The van der Waals surface area contributed by atoms with Crippen molar-refractivity contribution in [2.75, 3.05) is 38.2 Å². The molecule has 1 aromatic rings. The average molecular weight is 339 g/mol. The van der Waals surface area contributed by atoms with Crippen LogP contribution in [0.5, 0.6) is 0 Å². The highest BCUT2D eigenvalue weighted by molar-refractivity contribution is 6.31. The summed E-state index contributed by atoms with van der Waals surface area (Å²) in [5.41, 5.74) is 1.44. The van der Waals surface area contributed by atoms with Gasteiger partial charge in [-0.25, -0.2) is 0 Å². The number of hydrogen-bond donors (Lipinski definition) is 1. The second-order valence-electron chi connectivity index (χ2n) is 5.93. The van der Waals surface area contributed by atoms with Gasteiger partial charge in [-0.1, -0.05) is 11.6 Å². The van der Waals surface area contributed by atoms with Crippen molar-refractivity contribution in [1.82, 2.24) is 4.90 Å². The van der Waals surface area contributed by atoms with Crippen LogP contribution in [-0.2, 0) is 9.47 Å². The van der Waals surface area contributed by atoms with Crippen LogP contribution in [0.3, 0.4) is 0 Å². The molecule has 1 aromatic carbocycles. The number of rotatable bonds is 4. The second-order valence-corrected chi connectivity index (χ2v) is 6.37. The van der Waals surface area contributed by atoms with E-state index in [1.165, 1.54) is 0 Å². The highest BCUT2D eigenvalue weighted by Gasteiger charge is 2.33. The summed E-state index contributed by atoms with van der Waals surface area (Å²) in [6.07, 6.45) is 2.15. The Kier molecular flexibility index (Phi) is 5.41. The van der Waals surface area contributed by atoms with Gasteiger partial charge in [0.05, 0.1) is 18.3 Å². The van der Waals surface area contributed by atoms with Gasteiger partial charge in [0.1, 0.15) is 6.10 Å².